The van der Waals surface area contributed by atoms with Crippen LogP contribution in [-0.4, -0.2) is 38.6 Å². The van der Waals surface area contributed by atoms with Crippen molar-refractivity contribution in [3.8, 4) is 24.2 Å². The minimum absolute atomic E-state index is 0.0791. The van der Waals surface area contributed by atoms with Crippen molar-refractivity contribution in [2.24, 2.45) is 0 Å². The summed E-state index contributed by atoms with van der Waals surface area (Å²) in [6.07, 6.45) is 4.24. The fourth-order valence-corrected chi connectivity index (χ4v) is 2.03. The lowest BCUT2D eigenvalue weighted by Crippen LogP contribution is -2.33. The molecule has 0 aromatic carbocycles. The summed E-state index contributed by atoms with van der Waals surface area (Å²) < 4.78 is 6.51. The van der Waals surface area contributed by atoms with E-state index >= 15 is 0 Å². The van der Waals surface area contributed by atoms with Crippen molar-refractivity contribution in [3.05, 3.63) is 32.6 Å². The van der Waals surface area contributed by atoms with Crippen LogP contribution in [0.15, 0.2) is 15.8 Å². The molecule has 1 saturated heterocycles. The SMILES string of the molecule is C#CCC#Cc1cn([C@H]2C[C@@H](O)[C@@H](CO)O2)c(=O)[nH]c1=O. The Kier molecular flexibility index (Phi) is 4.61. The van der Waals surface area contributed by atoms with Gasteiger partial charge in [-0.3, -0.25) is 14.3 Å². The molecule has 3 atom stereocenters. The summed E-state index contributed by atoms with van der Waals surface area (Å²) in [5.74, 6) is 7.50. The third kappa shape index (κ3) is 3.23. The summed E-state index contributed by atoms with van der Waals surface area (Å²) in [5.41, 5.74) is -1.20. The quantitative estimate of drug-likeness (QED) is 0.578. The Morgan fingerprint density at radius 3 is 2.90 bits per heavy atom. The highest BCUT2D eigenvalue weighted by atomic mass is 16.5. The molecular weight excluding hydrogens is 276 g/mol. The summed E-state index contributed by atoms with van der Waals surface area (Å²) in [7, 11) is 0. The van der Waals surface area contributed by atoms with Crippen molar-refractivity contribution in [3.63, 3.8) is 0 Å². The second-order valence-corrected chi connectivity index (χ2v) is 4.51. The van der Waals surface area contributed by atoms with Gasteiger partial charge >= 0.3 is 5.69 Å². The van der Waals surface area contributed by atoms with Crippen molar-refractivity contribution in [2.75, 3.05) is 6.61 Å². The van der Waals surface area contributed by atoms with Crippen LogP contribution in [0.25, 0.3) is 0 Å². The maximum atomic E-state index is 11.8. The highest BCUT2D eigenvalue weighted by Gasteiger charge is 2.35. The number of aromatic nitrogens is 2. The summed E-state index contributed by atoms with van der Waals surface area (Å²) in [4.78, 5) is 25.6. The number of nitrogens with one attached hydrogen (secondary N) is 1. The molecule has 2 rings (SSSR count). The molecule has 110 valence electrons. The molecule has 1 aromatic heterocycles. The average Bonchev–Trinajstić information content (AvgIpc) is 2.82. The number of aliphatic hydroxyl groups is 2. The van der Waals surface area contributed by atoms with Gasteiger partial charge in [0.1, 0.15) is 17.9 Å². The van der Waals surface area contributed by atoms with E-state index in [0.29, 0.717) is 0 Å². The van der Waals surface area contributed by atoms with Gasteiger partial charge in [-0.25, -0.2) is 4.79 Å². The van der Waals surface area contributed by atoms with Gasteiger partial charge in [0.05, 0.1) is 19.1 Å². The number of hydrogen-bond acceptors (Lipinski definition) is 5. The molecule has 0 unspecified atom stereocenters. The Labute approximate surface area is 120 Å². The molecule has 7 nitrogen and oxygen atoms in total. The van der Waals surface area contributed by atoms with E-state index < -0.39 is 29.7 Å². The van der Waals surface area contributed by atoms with E-state index in [0.717, 1.165) is 4.57 Å². The molecule has 1 aliphatic heterocycles. The van der Waals surface area contributed by atoms with Crippen LogP contribution in [0.3, 0.4) is 0 Å². The van der Waals surface area contributed by atoms with Crippen molar-refractivity contribution in [1.29, 1.82) is 0 Å². The van der Waals surface area contributed by atoms with Crippen molar-refractivity contribution >= 4 is 0 Å². The third-order valence-corrected chi connectivity index (χ3v) is 3.08. The van der Waals surface area contributed by atoms with Crippen molar-refractivity contribution in [1.82, 2.24) is 9.55 Å². The minimum Gasteiger partial charge on any atom is -0.394 e. The standard InChI is InChI=1S/C14H14N2O5/c1-2-3-4-5-9-7-16(14(20)15-13(9)19)12-6-10(18)11(8-17)21-12/h1,7,10-12,17-18H,3,6,8H2,(H,15,19,20)/t10-,11-,12-/m1/s1. The molecule has 1 aromatic rings. The summed E-state index contributed by atoms with van der Waals surface area (Å²) in [6, 6.07) is 0. The molecule has 21 heavy (non-hydrogen) atoms. The number of terminal acetylenes is 1. The average molecular weight is 290 g/mol. The Balaban J connectivity index is 2.36. The van der Waals surface area contributed by atoms with Crippen LogP contribution in [0.1, 0.15) is 24.6 Å². The smallest absolute Gasteiger partial charge is 0.330 e. The van der Waals surface area contributed by atoms with Gasteiger partial charge in [0.15, 0.2) is 0 Å². The number of nitrogens with zero attached hydrogens (tertiary/aromatic N) is 1. The first-order chi connectivity index (χ1) is 10.1. The number of rotatable bonds is 2. The fourth-order valence-electron chi connectivity index (χ4n) is 2.03. The van der Waals surface area contributed by atoms with Gasteiger partial charge in [-0.1, -0.05) is 17.8 Å². The van der Waals surface area contributed by atoms with Gasteiger partial charge in [0, 0.05) is 12.6 Å². The summed E-state index contributed by atoms with van der Waals surface area (Å²) in [6.45, 7) is -0.357. The van der Waals surface area contributed by atoms with Crippen LogP contribution in [0, 0.1) is 24.2 Å². The molecule has 0 bridgehead atoms. The fraction of sp³-hybridized carbons (Fsp3) is 0.429. The first-order valence-corrected chi connectivity index (χ1v) is 6.29. The second-order valence-electron chi connectivity index (χ2n) is 4.51. The van der Waals surface area contributed by atoms with Crippen LogP contribution < -0.4 is 11.2 Å². The van der Waals surface area contributed by atoms with Gasteiger partial charge in [0.25, 0.3) is 5.56 Å². The van der Waals surface area contributed by atoms with Crippen molar-refractivity contribution < 1.29 is 14.9 Å². The minimum atomic E-state index is -0.880. The molecule has 7 heteroatoms. The zero-order valence-electron chi connectivity index (χ0n) is 11.1. The Morgan fingerprint density at radius 2 is 2.29 bits per heavy atom. The maximum absolute atomic E-state index is 11.8. The molecular formula is C14H14N2O5. The highest BCUT2D eigenvalue weighted by Crippen LogP contribution is 2.27. The topological polar surface area (TPSA) is 105 Å². The van der Waals surface area contributed by atoms with Gasteiger partial charge in [-0.05, 0) is 0 Å². The molecule has 1 fully saturated rings. The van der Waals surface area contributed by atoms with Crippen LogP contribution in [0.5, 0.6) is 0 Å². The Bertz CT molecular complexity index is 731. The predicted octanol–water partition coefficient (Wildman–Crippen LogP) is -1.45. The molecule has 2 heterocycles. The van der Waals surface area contributed by atoms with Crippen LogP contribution >= 0.6 is 0 Å². The van der Waals surface area contributed by atoms with Crippen LogP contribution in [-0.2, 0) is 4.74 Å². The van der Waals surface area contributed by atoms with E-state index in [9.17, 15) is 14.7 Å². The Hall–Kier alpha value is -2.32. The number of aromatic amines is 1. The van der Waals surface area contributed by atoms with E-state index in [1.54, 1.807) is 0 Å². The molecule has 1 aliphatic rings. The maximum Gasteiger partial charge on any atom is 0.330 e. The first kappa shape index (κ1) is 15.1. The van der Waals surface area contributed by atoms with Crippen LogP contribution in [0.2, 0.25) is 0 Å². The van der Waals surface area contributed by atoms with E-state index in [1.807, 2.05) is 0 Å². The van der Waals surface area contributed by atoms with Gasteiger partial charge in [0.2, 0.25) is 0 Å². The molecule has 0 radical (unpaired) electrons. The second kappa shape index (κ2) is 6.42. The summed E-state index contributed by atoms with van der Waals surface area (Å²) in [5, 5.41) is 18.7. The predicted molar refractivity (Wildman–Crippen MR) is 73.3 cm³/mol. The molecule has 3 N–H and O–H groups in total. The van der Waals surface area contributed by atoms with E-state index in [1.165, 1.54) is 6.20 Å². The van der Waals surface area contributed by atoms with Gasteiger partial charge < -0.3 is 14.9 Å². The number of H-pyrrole nitrogens is 1. The normalized spacial score (nSPS) is 24.1. The van der Waals surface area contributed by atoms with Crippen LogP contribution in [0.4, 0.5) is 0 Å². The lowest BCUT2D eigenvalue weighted by molar-refractivity contribution is -0.0459. The first-order valence-electron chi connectivity index (χ1n) is 6.29. The van der Waals surface area contributed by atoms with Crippen molar-refractivity contribution in [2.45, 2.75) is 31.3 Å². The van der Waals surface area contributed by atoms with E-state index in [2.05, 4.69) is 22.7 Å². The lowest BCUT2D eigenvalue weighted by atomic mass is 10.2. The zero-order valence-corrected chi connectivity index (χ0v) is 11.1. The molecule has 0 saturated carbocycles. The zero-order chi connectivity index (χ0) is 15.4. The lowest BCUT2D eigenvalue weighted by Gasteiger charge is -2.14. The molecule has 0 amide bonds. The van der Waals surface area contributed by atoms with E-state index in [-0.39, 0.29) is 25.0 Å². The monoisotopic (exact) mass is 290 g/mol. The molecule has 0 spiro atoms. The number of aliphatic hydroxyl groups excluding tert-OH is 2. The largest absolute Gasteiger partial charge is 0.394 e. The van der Waals surface area contributed by atoms with E-state index in [4.69, 9.17) is 16.3 Å². The number of hydrogen-bond donors (Lipinski definition) is 3. The third-order valence-electron chi connectivity index (χ3n) is 3.08. The Morgan fingerprint density at radius 1 is 1.52 bits per heavy atom. The highest BCUT2D eigenvalue weighted by molar-refractivity contribution is 5.30. The number of ether oxygens (including phenoxy) is 1. The van der Waals surface area contributed by atoms with Gasteiger partial charge in [-0.2, -0.15) is 0 Å². The molecule has 0 aliphatic carbocycles. The summed E-state index contributed by atoms with van der Waals surface area (Å²) >= 11 is 0. The van der Waals surface area contributed by atoms with Gasteiger partial charge in [-0.15, -0.1) is 6.42 Å².